The topological polar surface area (TPSA) is 87.0 Å². The van der Waals surface area contributed by atoms with E-state index in [1.165, 1.54) is 30.3 Å². The summed E-state index contributed by atoms with van der Waals surface area (Å²) in [5, 5.41) is 18.3. The molecule has 152 valence electrons. The van der Waals surface area contributed by atoms with Gasteiger partial charge in [-0.3, -0.25) is 4.79 Å². The number of carbonyl (C=O) groups excluding carboxylic acids is 2. The second-order valence-corrected chi connectivity index (χ2v) is 6.77. The fraction of sp³-hybridized carbons (Fsp3) is 0. The van der Waals surface area contributed by atoms with Gasteiger partial charge in [0.25, 0.3) is 0 Å². The summed E-state index contributed by atoms with van der Waals surface area (Å²) < 4.78 is 1.78. The lowest BCUT2D eigenvalue weighted by Gasteiger charge is -2.05. The van der Waals surface area contributed by atoms with Gasteiger partial charge in [-0.15, -0.1) is 0 Å². The Bertz CT molecular complexity index is 1230. The van der Waals surface area contributed by atoms with Crippen LogP contribution in [0.15, 0.2) is 97.2 Å². The van der Waals surface area contributed by atoms with E-state index >= 15 is 0 Å². The number of nitrogens with one attached hydrogen (secondary N) is 1. The maximum atomic E-state index is 12.4. The summed E-state index contributed by atoms with van der Waals surface area (Å²) in [6.45, 7) is 0. The third kappa shape index (κ3) is 4.76. The number of benzene rings is 3. The first-order valence-electron chi connectivity index (χ1n) is 9.61. The molecule has 1 amide bonds. The highest BCUT2D eigenvalue weighted by Gasteiger charge is 2.10. The van der Waals surface area contributed by atoms with Crippen LogP contribution in [0.1, 0.15) is 15.9 Å². The van der Waals surface area contributed by atoms with Crippen molar-refractivity contribution in [2.45, 2.75) is 0 Å². The molecule has 1 heterocycles. The molecule has 0 atom stereocenters. The minimum Gasteiger partial charge on any atom is -0.545 e. The van der Waals surface area contributed by atoms with Crippen molar-refractivity contribution in [2.24, 2.45) is 0 Å². The predicted molar refractivity (Wildman–Crippen MR) is 117 cm³/mol. The summed E-state index contributed by atoms with van der Waals surface area (Å²) in [5.41, 5.74) is 3.94. The molecule has 0 unspecified atom stereocenters. The zero-order valence-electron chi connectivity index (χ0n) is 16.4. The third-order valence-corrected chi connectivity index (χ3v) is 4.61. The summed E-state index contributed by atoms with van der Waals surface area (Å²) in [7, 11) is 0. The lowest BCUT2D eigenvalue weighted by atomic mass is 10.1. The van der Waals surface area contributed by atoms with Gasteiger partial charge in [-0.25, -0.2) is 4.68 Å². The molecule has 0 spiro atoms. The standard InChI is InChI=1S/C25H19N3O3/c29-23(26-21-14-11-19(12-15-21)25(30)31)16-13-20-17-28(22-9-5-2-6-10-22)27-24(20)18-7-3-1-4-8-18/h1-17H,(H,26,29)(H,30,31)/p-1/b16-13-. The van der Waals surface area contributed by atoms with Gasteiger partial charge in [-0.1, -0.05) is 60.7 Å². The van der Waals surface area contributed by atoms with E-state index in [0.29, 0.717) is 5.69 Å². The van der Waals surface area contributed by atoms with Crippen molar-refractivity contribution < 1.29 is 14.7 Å². The molecule has 0 bridgehead atoms. The number of aromatic carboxylic acids is 1. The van der Waals surface area contributed by atoms with Crippen molar-refractivity contribution in [1.29, 1.82) is 0 Å². The molecule has 4 rings (SSSR count). The predicted octanol–water partition coefficient (Wildman–Crippen LogP) is 3.55. The molecule has 0 fully saturated rings. The summed E-state index contributed by atoms with van der Waals surface area (Å²) in [6, 6.07) is 25.3. The van der Waals surface area contributed by atoms with E-state index in [1.54, 1.807) is 10.8 Å². The van der Waals surface area contributed by atoms with Gasteiger partial charge in [-0.2, -0.15) is 5.10 Å². The van der Waals surface area contributed by atoms with Gasteiger partial charge in [0, 0.05) is 29.1 Å². The summed E-state index contributed by atoms with van der Waals surface area (Å²) in [5.74, 6) is -1.60. The maximum Gasteiger partial charge on any atom is 0.248 e. The van der Waals surface area contributed by atoms with E-state index in [1.807, 2.05) is 66.9 Å². The molecule has 0 aliphatic carbocycles. The molecule has 0 saturated heterocycles. The quantitative estimate of drug-likeness (QED) is 0.494. The van der Waals surface area contributed by atoms with Crippen LogP contribution in [-0.2, 0) is 4.79 Å². The Morgan fingerprint density at radius 2 is 1.52 bits per heavy atom. The number of aromatic nitrogens is 2. The van der Waals surface area contributed by atoms with E-state index in [9.17, 15) is 14.7 Å². The molecule has 1 aromatic heterocycles. The zero-order valence-corrected chi connectivity index (χ0v) is 16.4. The van der Waals surface area contributed by atoms with Crippen LogP contribution >= 0.6 is 0 Å². The minimum atomic E-state index is -1.26. The number of nitrogens with zero attached hydrogens (tertiary/aromatic N) is 2. The number of amides is 1. The SMILES string of the molecule is O=C(/C=C\c1cn(-c2ccccc2)nc1-c1ccccc1)Nc1ccc(C(=O)[O-])cc1. The number of carbonyl (C=O) groups is 2. The number of hydrogen-bond donors (Lipinski definition) is 1. The van der Waals surface area contributed by atoms with Crippen LogP contribution in [0.25, 0.3) is 23.0 Å². The van der Waals surface area contributed by atoms with E-state index < -0.39 is 5.97 Å². The highest BCUT2D eigenvalue weighted by atomic mass is 16.4. The highest BCUT2D eigenvalue weighted by Crippen LogP contribution is 2.24. The molecule has 6 heteroatoms. The number of carboxylic acids is 1. The fourth-order valence-corrected chi connectivity index (χ4v) is 3.08. The van der Waals surface area contributed by atoms with E-state index in [0.717, 1.165) is 22.5 Å². The zero-order chi connectivity index (χ0) is 21.6. The third-order valence-electron chi connectivity index (χ3n) is 4.61. The van der Waals surface area contributed by atoms with Gasteiger partial charge in [0.15, 0.2) is 0 Å². The molecular formula is C25H18N3O3-. The van der Waals surface area contributed by atoms with Crippen molar-refractivity contribution in [1.82, 2.24) is 9.78 Å². The summed E-state index contributed by atoms with van der Waals surface area (Å²) >= 11 is 0. The van der Waals surface area contributed by atoms with Gasteiger partial charge < -0.3 is 15.2 Å². The van der Waals surface area contributed by atoms with Gasteiger partial charge in [-0.05, 0) is 35.9 Å². The molecule has 0 radical (unpaired) electrons. The number of anilines is 1. The molecule has 4 aromatic rings. The molecule has 6 nitrogen and oxygen atoms in total. The van der Waals surface area contributed by atoms with Crippen molar-refractivity contribution in [2.75, 3.05) is 5.32 Å². The molecule has 0 aliphatic heterocycles. The Balaban J connectivity index is 1.59. The van der Waals surface area contributed by atoms with Crippen LogP contribution in [0.2, 0.25) is 0 Å². The van der Waals surface area contributed by atoms with Gasteiger partial charge in [0.1, 0.15) is 0 Å². The number of para-hydroxylation sites is 1. The van der Waals surface area contributed by atoms with Gasteiger partial charge in [0.2, 0.25) is 5.91 Å². The van der Waals surface area contributed by atoms with Gasteiger partial charge in [0.05, 0.1) is 17.4 Å². The molecule has 1 N–H and O–H groups in total. The first-order chi connectivity index (χ1) is 15.1. The Labute approximate surface area is 179 Å². The Hall–Kier alpha value is -4.45. The van der Waals surface area contributed by atoms with E-state index in [2.05, 4.69) is 5.32 Å². The van der Waals surface area contributed by atoms with Crippen LogP contribution in [0.3, 0.4) is 0 Å². The largest absolute Gasteiger partial charge is 0.545 e. The monoisotopic (exact) mass is 408 g/mol. The second-order valence-electron chi connectivity index (χ2n) is 6.77. The van der Waals surface area contributed by atoms with E-state index in [-0.39, 0.29) is 11.5 Å². The van der Waals surface area contributed by atoms with Gasteiger partial charge >= 0.3 is 0 Å². The molecule has 0 aliphatic rings. The Morgan fingerprint density at radius 1 is 0.871 bits per heavy atom. The van der Waals surface area contributed by atoms with Crippen LogP contribution in [0.4, 0.5) is 5.69 Å². The molecule has 0 saturated carbocycles. The van der Waals surface area contributed by atoms with Crippen molar-refractivity contribution in [3.8, 4) is 16.9 Å². The first-order valence-corrected chi connectivity index (χ1v) is 9.61. The molecule has 3 aromatic carbocycles. The Kier molecular flexibility index (Phi) is 5.71. The Morgan fingerprint density at radius 3 is 2.16 bits per heavy atom. The normalized spacial score (nSPS) is 10.8. The lowest BCUT2D eigenvalue weighted by molar-refractivity contribution is -0.255. The average Bonchev–Trinajstić information content (AvgIpc) is 3.24. The average molecular weight is 408 g/mol. The van der Waals surface area contributed by atoms with Crippen molar-refractivity contribution >= 4 is 23.6 Å². The number of carboxylic acid groups (broad SMARTS) is 1. The molecular weight excluding hydrogens is 390 g/mol. The van der Waals surface area contributed by atoms with Crippen LogP contribution in [-0.4, -0.2) is 21.7 Å². The van der Waals surface area contributed by atoms with E-state index in [4.69, 9.17) is 5.10 Å². The molecule has 31 heavy (non-hydrogen) atoms. The van der Waals surface area contributed by atoms with Crippen LogP contribution in [0.5, 0.6) is 0 Å². The summed E-state index contributed by atoms with van der Waals surface area (Å²) in [4.78, 5) is 23.2. The highest BCUT2D eigenvalue weighted by molar-refractivity contribution is 6.02. The number of rotatable bonds is 6. The van der Waals surface area contributed by atoms with Crippen LogP contribution in [0, 0.1) is 0 Å². The lowest BCUT2D eigenvalue weighted by Crippen LogP contribution is -2.22. The van der Waals surface area contributed by atoms with Crippen LogP contribution < -0.4 is 10.4 Å². The van der Waals surface area contributed by atoms with Crippen molar-refractivity contribution in [3.05, 3.63) is 108 Å². The smallest absolute Gasteiger partial charge is 0.248 e. The first kappa shape index (κ1) is 19.8. The van der Waals surface area contributed by atoms with Crippen molar-refractivity contribution in [3.63, 3.8) is 0 Å². The fourth-order valence-electron chi connectivity index (χ4n) is 3.08. The summed E-state index contributed by atoms with van der Waals surface area (Å²) in [6.07, 6.45) is 5.00. The number of hydrogen-bond acceptors (Lipinski definition) is 4. The second kappa shape index (κ2) is 8.92. The minimum absolute atomic E-state index is 0.0503. The maximum absolute atomic E-state index is 12.4.